The highest BCUT2D eigenvalue weighted by Gasteiger charge is 2.27. The summed E-state index contributed by atoms with van der Waals surface area (Å²) >= 11 is 5.75. The normalized spacial score (nSPS) is 14.5. The van der Waals surface area contributed by atoms with Gasteiger partial charge < -0.3 is 15.7 Å². The van der Waals surface area contributed by atoms with Crippen molar-refractivity contribution in [3.05, 3.63) is 81.5 Å². The number of carboxylic acid groups (broad SMARTS) is 1. The Morgan fingerprint density at radius 1 is 1.09 bits per heavy atom. The van der Waals surface area contributed by atoms with Crippen LogP contribution in [0.4, 0.5) is 10.2 Å². The minimum absolute atomic E-state index is 0.0310. The van der Waals surface area contributed by atoms with Gasteiger partial charge in [-0.15, -0.1) is 0 Å². The van der Waals surface area contributed by atoms with Crippen LogP contribution in [0.2, 0.25) is 5.02 Å². The highest BCUT2D eigenvalue weighted by Crippen LogP contribution is 2.32. The number of hydrogen-bond donors (Lipinski definition) is 4. The van der Waals surface area contributed by atoms with E-state index in [-0.39, 0.29) is 44.7 Å². The number of benzene rings is 2. The van der Waals surface area contributed by atoms with Gasteiger partial charge in [0.1, 0.15) is 23.2 Å². The zero-order valence-electron chi connectivity index (χ0n) is 17.8. The lowest BCUT2D eigenvalue weighted by Gasteiger charge is -2.14. The van der Waals surface area contributed by atoms with Gasteiger partial charge in [0.05, 0.1) is 16.6 Å². The van der Waals surface area contributed by atoms with E-state index in [4.69, 9.17) is 11.6 Å². The van der Waals surface area contributed by atoms with Crippen molar-refractivity contribution in [1.82, 2.24) is 25.5 Å². The summed E-state index contributed by atoms with van der Waals surface area (Å²) in [5.41, 5.74) is 2.50. The number of nitrogens with one attached hydrogen (secondary N) is 3. The molecular formula is C23H16ClFN6O4. The van der Waals surface area contributed by atoms with Gasteiger partial charge in [0, 0.05) is 5.56 Å². The number of aryl methyl sites for hydroxylation is 1. The van der Waals surface area contributed by atoms with E-state index in [1.807, 2.05) is 0 Å². The molecule has 2 heterocycles. The number of carbonyl (C=O) groups is 3. The van der Waals surface area contributed by atoms with Crippen molar-refractivity contribution in [2.24, 2.45) is 0 Å². The van der Waals surface area contributed by atoms with Gasteiger partial charge >= 0.3 is 5.97 Å². The second kappa shape index (κ2) is 8.76. The van der Waals surface area contributed by atoms with Crippen LogP contribution in [0, 0.1) is 5.82 Å². The molecular weight excluding hydrogens is 479 g/mol. The Morgan fingerprint density at radius 3 is 2.66 bits per heavy atom. The van der Waals surface area contributed by atoms with Crippen molar-refractivity contribution < 1.29 is 23.9 Å². The van der Waals surface area contributed by atoms with E-state index >= 15 is 0 Å². The molecule has 0 saturated carbocycles. The average molecular weight is 495 g/mol. The number of hydrogen-bond acceptors (Lipinski definition) is 6. The number of anilines is 1. The highest BCUT2D eigenvalue weighted by molar-refractivity contribution is 6.31. The zero-order chi connectivity index (χ0) is 24.7. The third kappa shape index (κ3) is 4.17. The summed E-state index contributed by atoms with van der Waals surface area (Å²) in [5, 5.41) is 21.2. The van der Waals surface area contributed by atoms with E-state index in [2.05, 4.69) is 30.8 Å². The van der Waals surface area contributed by atoms with Crippen LogP contribution >= 0.6 is 11.6 Å². The minimum atomic E-state index is -1.01. The first kappa shape index (κ1) is 22.4. The van der Waals surface area contributed by atoms with Crippen molar-refractivity contribution >= 4 is 46.2 Å². The Morgan fingerprint density at radius 2 is 1.89 bits per heavy atom. The second-order valence-electron chi connectivity index (χ2n) is 7.88. The maximum atomic E-state index is 13.4. The Hall–Kier alpha value is -4.38. The molecule has 0 spiro atoms. The Bertz CT molecular complexity index is 1520. The molecule has 10 nitrogen and oxygen atoms in total. The molecule has 176 valence electrons. The van der Waals surface area contributed by atoms with Crippen molar-refractivity contribution in [3.63, 3.8) is 0 Å². The standard InChI is InChI=1S/C23H16ClFN6O4/c24-14-8-11(2-5-15(14)25)21(32)29-20-18-17(30-31-20)19(27-9-26-18)22(33)28-16-6-3-10-7-12(23(34)35)1-4-13(10)16/h1-2,4-5,7-9,16H,3,6H2,(H,28,33)(H,34,35)(H2,29,30,31,32)/t16-/m0/s1. The molecule has 2 aromatic carbocycles. The molecule has 0 unspecified atom stereocenters. The summed E-state index contributed by atoms with van der Waals surface area (Å²) in [4.78, 5) is 45.0. The molecule has 0 fully saturated rings. The lowest BCUT2D eigenvalue weighted by atomic mass is 10.0. The van der Waals surface area contributed by atoms with Crippen LogP contribution in [0.5, 0.6) is 0 Å². The summed E-state index contributed by atoms with van der Waals surface area (Å²) < 4.78 is 13.4. The first-order chi connectivity index (χ1) is 16.8. The molecule has 0 saturated heterocycles. The summed E-state index contributed by atoms with van der Waals surface area (Å²) in [7, 11) is 0. The van der Waals surface area contributed by atoms with Gasteiger partial charge in [0.15, 0.2) is 11.5 Å². The molecule has 5 rings (SSSR count). The number of fused-ring (bicyclic) bond motifs is 2. The number of amides is 2. The van der Waals surface area contributed by atoms with Crippen LogP contribution in [-0.2, 0) is 6.42 Å². The number of nitrogens with zero attached hydrogens (tertiary/aromatic N) is 3. The molecule has 2 amide bonds. The number of H-pyrrole nitrogens is 1. The Balaban J connectivity index is 1.37. The van der Waals surface area contributed by atoms with E-state index in [1.165, 1.54) is 24.5 Å². The third-order valence-electron chi connectivity index (χ3n) is 5.75. The fourth-order valence-electron chi connectivity index (χ4n) is 4.04. The predicted octanol–water partition coefficient (Wildman–Crippen LogP) is 3.51. The van der Waals surface area contributed by atoms with Gasteiger partial charge in [0.2, 0.25) is 0 Å². The summed E-state index contributed by atoms with van der Waals surface area (Å²) in [6, 6.07) is 8.06. The topological polar surface area (TPSA) is 150 Å². The van der Waals surface area contributed by atoms with Crippen LogP contribution in [-0.4, -0.2) is 43.1 Å². The molecule has 0 radical (unpaired) electrons. The number of aromatic carboxylic acids is 1. The minimum Gasteiger partial charge on any atom is -0.478 e. The summed E-state index contributed by atoms with van der Waals surface area (Å²) in [6.07, 6.45) is 2.43. The molecule has 0 bridgehead atoms. The Labute approximate surface area is 201 Å². The first-order valence-corrected chi connectivity index (χ1v) is 10.8. The molecule has 35 heavy (non-hydrogen) atoms. The largest absolute Gasteiger partial charge is 0.478 e. The molecule has 4 aromatic rings. The van der Waals surface area contributed by atoms with Crippen molar-refractivity contribution in [1.29, 1.82) is 0 Å². The van der Waals surface area contributed by atoms with Crippen molar-refractivity contribution in [3.8, 4) is 0 Å². The van der Waals surface area contributed by atoms with E-state index in [1.54, 1.807) is 12.1 Å². The lowest BCUT2D eigenvalue weighted by molar-refractivity contribution is 0.0696. The maximum Gasteiger partial charge on any atom is 0.335 e. The molecule has 2 aromatic heterocycles. The first-order valence-electron chi connectivity index (χ1n) is 10.4. The average Bonchev–Trinajstić information content (AvgIpc) is 3.44. The van der Waals surface area contributed by atoms with Crippen LogP contribution in [0.3, 0.4) is 0 Å². The van der Waals surface area contributed by atoms with Gasteiger partial charge in [-0.3, -0.25) is 14.7 Å². The van der Waals surface area contributed by atoms with E-state index in [0.29, 0.717) is 12.8 Å². The number of rotatable bonds is 5. The number of carbonyl (C=O) groups excluding carboxylic acids is 2. The fraction of sp³-hybridized carbons (Fsp3) is 0.130. The smallest absolute Gasteiger partial charge is 0.335 e. The summed E-state index contributed by atoms with van der Waals surface area (Å²) in [6.45, 7) is 0. The van der Waals surface area contributed by atoms with Crippen LogP contribution in [0.15, 0.2) is 42.7 Å². The van der Waals surface area contributed by atoms with Crippen LogP contribution in [0.25, 0.3) is 11.0 Å². The molecule has 1 aliphatic rings. The van der Waals surface area contributed by atoms with Crippen molar-refractivity contribution in [2.75, 3.05) is 5.32 Å². The van der Waals surface area contributed by atoms with E-state index in [9.17, 15) is 23.9 Å². The number of aromatic nitrogens is 4. The van der Waals surface area contributed by atoms with Gasteiger partial charge in [-0.2, -0.15) is 5.10 Å². The van der Waals surface area contributed by atoms with Crippen molar-refractivity contribution in [2.45, 2.75) is 18.9 Å². The molecule has 12 heteroatoms. The van der Waals surface area contributed by atoms with Gasteiger partial charge in [0.25, 0.3) is 11.8 Å². The fourth-order valence-corrected chi connectivity index (χ4v) is 4.22. The number of carboxylic acids is 1. The molecule has 4 N–H and O–H groups in total. The maximum absolute atomic E-state index is 13.4. The predicted molar refractivity (Wildman–Crippen MR) is 123 cm³/mol. The van der Waals surface area contributed by atoms with E-state index in [0.717, 1.165) is 17.2 Å². The lowest BCUT2D eigenvalue weighted by Crippen LogP contribution is -2.28. The Kier molecular flexibility index (Phi) is 5.61. The summed E-state index contributed by atoms with van der Waals surface area (Å²) in [5.74, 6) is -2.66. The van der Waals surface area contributed by atoms with Gasteiger partial charge in [-0.05, 0) is 54.3 Å². The third-order valence-corrected chi connectivity index (χ3v) is 6.04. The monoisotopic (exact) mass is 494 g/mol. The zero-order valence-corrected chi connectivity index (χ0v) is 18.6. The highest BCUT2D eigenvalue weighted by atomic mass is 35.5. The SMILES string of the molecule is O=C(O)c1ccc2c(c1)CC[C@@H]2NC(=O)c1ncnc2c(NC(=O)c3ccc(F)c(Cl)c3)n[nH]c12. The number of halogens is 2. The van der Waals surface area contributed by atoms with Crippen LogP contribution in [0.1, 0.15) is 54.8 Å². The van der Waals surface area contributed by atoms with Gasteiger partial charge in [-0.25, -0.2) is 19.2 Å². The quantitative estimate of drug-likeness (QED) is 0.331. The van der Waals surface area contributed by atoms with Gasteiger partial charge in [-0.1, -0.05) is 17.7 Å². The van der Waals surface area contributed by atoms with Crippen LogP contribution < -0.4 is 10.6 Å². The number of aromatic amines is 1. The second-order valence-corrected chi connectivity index (χ2v) is 8.29. The molecule has 1 aliphatic carbocycles. The van der Waals surface area contributed by atoms with E-state index < -0.39 is 23.6 Å². The molecule has 0 aliphatic heterocycles. The molecule has 1 atom stereocenters.